The Morgan fingerprint density at radius 2 is 1.51 bits per heavy atom. The van der Waals surface area contributed by atoms with E-state index in [1.807, 2.05) is 13.0 Å². The van der Waals surface area contributed by atoms with Crippen molar-refractivity contribution in [1.29, 1.82) is 0 Å². The van der Waals surface area contributed by atoms with Crippen molar-refractivity contribution in [2.75, 3.05) is 36.9 Å². The third-order valence-electron chi connectivity index (χ3n) is 5.67. The van der Waals surface area contributed by atoms with Crippen molar-refractivity contribution < 1.29 is 28.6 Å². The van der Waals surface area contributed by atoms with E-state index in [1.54, 1.807) is 54.6 Å². The summed E-state index contributed by atoms with van der Waals surface area (Å²) in [4.78, 5) is 39.8. The molecule has 0 atom stereocenters. The number of hydrogen-bond acceptors (Lipinski definition) is 7. The van der Waals surface area contributed by atoms with Crippen molar-refractivity contribution in [2.45, 2.75) is 6.92 Å². The highest BCUT2D eigenvalue weighted by molar-refractivity contribution is 6.53. The van der Waals surface area contributed by atoms with Gasteiger partial charge in [-0.2, -0.15) is 0 Å². The number of nitrogens with zero attached hydrogens (tertiary/aromatic N) is 1. The number of halogens is 1. The standard InChI is InChI=1S/C27H24ClN3O6/c1-15-5-11-22(37-4)20(13-15)31-26(33)23(28)24(27(31)34)29-17-8-6-16(7-9-17)25(32)30-19-14-18(35-2)10-12-21(19)36-3/h5-14,29H,1-4H3,(H,30,32). The van der Waals surface area contributed by atoms with Crippen molar-refractivity contribution in [2.24, 2.45) is 0 Å². The number of hydrogen-bond donors (Lipinski definition) is 2. The SMILES string of the molecule is COc1ccc(OC)c(NC(=O)c2ccc(NC3=C(Cl)C(=O)N(c4cc(C)ccc4OC)C3=O)cc2)c1. The number of imide groups is 1. The van der Waals surface area contributed by atoms with E-state index >= 15 is 0 Å². The lowest BCUT2D eigenvalue weighted by atomic mass is 10.1. The van der Waals surface area contributed by atoms with Crippen LogP contribution in [0.4, 0.5) is 17.1 Å². The van der Waals surface area contributed by atoms with Crippen LogP contribution in [-0.2, 0) is 9.59 Å². The van der Waals surface area contributed by atoms with Crippen molar-refractivity contribution in [1.82, 2.24) is 0 Å². The minimum Gasteiger partial charge on any atom is -0.497 e. The summed E-state index contributed by atoms with van der Waals surface area (Å²) in [5, 5.41) is 5.44. The molecular weight excluding hydrogens is 498 g/mol. The average Bonchev–Trinajstić information content (AvgIpc) is 3.11. The molecule has 37 heavy (non-hydrogen) atoms. The molecule has 9 nitrogen and oxygen atoms in total. The zero-order valence-electron chi connectivity index (χ0n) is 20.5. The fourth-order valence-electron chi connectivity index (χ4n) is 3.76. The molecule has 3 amide bonds. The molecule has 1 aliphatic heterocycles. The van der Waals surface area contributed by atoms with Gasteiger partial charge in [-0.1, -0.05) is 17.7 Å². The molecule has 0 spiro atoms. The Morgan fingerprint density at radius 1 is 0.838 bits per heavy atom. The van der Waals surface area contributed by atoms with Crippen LogP contribution in [0, 0.1) is 6.92 Å². The summed E-state index contributed by atoms with van der Waals surface area (Å²) < 4.78 is 15.8. The van der Waals surface area contributed by atoms with E-state index in [-0.39, 0.29) is 16.6 Å². The summed E-state index contributed by atoms with van der Waals surface area (Å²) in [6, 6.07) is 16.6. The van der Waals surface area contributed by atoms with E-state index in [0.717, 1.165) is 10.5 Å². The number of carbonyl (C=O) groups excluding carboxylic acids is 3. The number of rotatable bonds is 8. The summed E-state index contributed by atoms with van der Waals surface area (Å²) in [5.41, 5.74) is 2.33. The summed E-state index contributed by atoms with van der Waals surface area (Å²) in [6.07, 6.45) is 0. The summed E-state index contributed by atoms with van der Waals surface area (Å²) in [5.74, 6) is -0.254. The fraction of sp³-hybridized carbons (Fsp3) is 0.148. The number of ether oxygens (including phenoxy) is 3. The molecule has 3 aromatic carbocycles. The molecule has 2 N–H and O–H groups in total. The second kappa shape index (κ2) is 10.6. The average molecular weight is 522 g/mol. The molecule has 0 bridgehead atoms. The minimum absolute atomic E-state index is 0.0754. The zero-order valence-corrected chi connectivity index (χ0v) is 21.3. The Bertz CT molecular complexity index is 1420. The molecule has 190 valence electrons. The maximum atomic E-state index is 13.2. The van der Waals surface area contributed by atoms with Crippen molar-refractivity contribution in [3.8, 4) is 17.2 Å². The maximum absolute atomic E-state index is 13.2. The van der Waals surface area contributed by atoms with E-state index < -0.39 is 11.8 Å². The smallest absolute Gasteiger partial charge is 0.283 e. The van der Waals surface area contributed by atoms with Crippen LogP contribution in [0.3, 0.4) is 0 Å². The van der Waals surface area contributed by atoms with Gasteiger partial charge in [0.15, 0.2) is 0 Å². The Labute approximate surface area is 218 Å². The second-order valence-electron chi connectivity index (χ2n) is 8.03. The molecule has 0 unspecified atom stereocenters. The van der Waals surface area contributed by atoms with E-state index in [2.05, 4.69) is 10.6 Å². The van der Waals surface area contributed by atoms with Crippen LogP contribution in [0.15, 0.2) is 71.4 Å². The number of anilines is 3. The third kappa shape index (κ3) is 5.07. The van der Waals surface area contributed by atoms with Crippen LogP contribution < -0.4 is 29.7 Å². The van der Waals surface area contributed by atoms with Crippen LogP contribution in [0.2, 0.25) is 0 Å². The van der Waals surface area contributed by atoms with Crippen molar-refractivity contribution in [3.63, 3.8) is 0 Å². The number of nitrogens with one attached hydrogen (secondary N) is 2. The topological polar surface area (TPSA) is 106 Å². The lowest BCUT2D eigenvalue weighted by Crippen LogP contribution is -2.32. The van der Waals surface area contributed by atoms with Gasteiger partial charge in [0.25, 0.3) is 17.7 Å². The predicted molar refractivity (Wildman–Crippen MR) is 141 cm³/mol. The van der Waals surface area contributed by atoms with Gasteiger partial charge in [0, 0.05) is 17.3 Å². The number of benzene rings is 3. The van der Waals surface area contributed by atoms with E-state index in [0.29, 0.717) is 39.9 Å². The van der Waals surface area contributed by atoms with Gasteiger partial charge >= 0.3 is 0 Å². The molecule has 10 heteroatoms. The van der Waals surface area contributed by atoms with E-state index in [9.17, 15) is 14.4 Å². The molecule has 0 radical (unpaired) electrons. The Morgan fingerprint density at radius 3 is 2.16 bits per heavy atom. The summed E-state index contributed by atoms with van der Waals surface area (Å²) >= 11 is 6.26. The van der Waals surface area contributed by atoms with Crippen LogP contribution in [0.5, 0.6) is 17.2 Å². The zero-order chi connectivity index (χ0) is 26.7. The van der Waals surface area contributed by atoms with Crippen LogP contribution in [0.1, 0.15) is 15.9 Å². The van der Waals surface area contributed by atoms with Gasteiger partial charge in [0.05, 0.1) is 32.7 Å². The van der Waals surface area contributed by atoms with Gasteiger partial charge in [-0.15, -0.1) is 0 Å². The monoisotopic (exact) mass is 521 g/mol. The van der Waals surface area contributed by atoms with E-state index in [4.69, 9.17) is 25.8 Å². The number of carbonyl (C=O) groups is 3. The third-order valence-corrected chi connectivity index (χ3v) is 6.02. The molecule has 0 fully saturated rings. The van der Waals surface area contributed by atoms with Crippen molar-refractivity contribution in [3.05, 3.63) is 82.5 Å². The number of aryl methyl sites for hydroxylation is 1. The summed E-state index contributed by atoms with van der Waals surface area (Å²) in [7, 11) is 4.48. The van der Waals surface area contributed by atoms with Gasteiger partial charge in [-0.3, -0.25) is 14.4 Å². The lowest BCUT2D eigenvalue weighted by Gasteiger charge is -2.18. The van der Waals surface area contributed by atoms with Crippen LogP contribution >= 0.6 is 11.6 Å². The number of amides is 3. The van der Waals surface area contributed by atoms with E-state index in [1.165, 1.54) is 21.3 Å². The quantitative estimate of drug-likeness (QED) is 0.413. The van der Waals surface area contributed by atoms with Gasteiger partial charge < -0.3 is 24.8 Å². The molecule has 1 aliphatic rings. The first-order valence-corrected chi connectivity index (χ1v) is 11.5. The molecule has 0 saturated carbocycles. The highest BCUT2D eigenvalue weighted by Gasteiger charge is 2.40. The lowest BCUT2D eigenvalue weighted by molar-refractivity contribution is -0.120. The first-order valence-electron chi connectivity index (χ1n) is 11.1. The Kier molecular flexibility index (Phi) is 7.35. The molecule has 0 saturated heterocycles. The predicted octanol–water partition coefficient (Wildman–Crippen LogP) is 4.71. The van der Waals surface area contributed by atoms with Crippen molar-refractivity contribution >= 4 is 46.4 Å². The first kappa shape index (κ1) is 25.6. The van der Waals surface area contributed by atoms with Gasteiger partial charge in [0.1, 0.15) is 28.0 Å². The molecule has 0 aromatic heterocycles. The number of methoxy groups -OCH3 is 3. The Balaban J connectivity index is 1.51. The fourth-order valence-corrected chi connectivity index (χ4v) is 3.97. The highest BCUT2D eigenvalue weighted by Crippen LogP contribution is 2.36. The minimum atomic E-state index is -0.665. The molecular formula is C27H24ClN3O6. The van der Waals surface area contributed by atoms with Gasteiger partial charge in [-0.05, 0) is 61.0 Å². The Hall–Kier alpha value is -4.50. The summed E-state index contributed by atoms with van der Waals surface area (Å²) in [6.45, 7) is 1.84. The second-order valence-corrected chi connectivity index (χ2v) is 8.41. The highest BCUT2D eigenvalue weighted by atomic mass is 35.5. The van der Waals surface area contributed by atoms with Crippen LogP contribution in [-0.4, -0.2) is 39.1 Å². The molecule has 4 rings (SSSR count). The molecule has 0 aliphatic carbocycles. The van der Waals surface area contributed by atoms with Gasteiger partial charge in [0.2, 0.25) is 0 Å². The maximum Gasteiger partial charge on any atom is 0.283 e. The van der Waals surface area contributed by atoms with Crippen LogP contribution in [0.25, 0.3) is 0 Å². The van der Waals surface area contributed by atoms with Gasteiger partial charge in [-0.25, -0.2) is 4.90 Å². The largest absolute Gasteiger partial charge is 0.497 e. The first-order chi connectivity index (χ1) is 17.8. The molecule has 3 aromatic rings. The molecule has 1 heterocycles. The normalized spacial score (nSPS) is 13.1.